The first-order valence-corrected chi connectivity index (χ1v) is 9.85. The highest BCUT2D eigenvalue weighted by molar-refractivity contribution is 6.05. The second-order valence-electron chi connectivity index (χ2n) is 7.67. The average molecular weight is 386 g/mol. The maximum atomic E-state index is 12.9. The smallest absolute Gasteiger partial charge is 0.255 e. The molecule has 3 amide bonds. The molecule has 0 aromatic heterocycles. The number of fused-ring (bicyclic) bond motifs is 1. The lowest BCUT2D eigenvalue weighted by atomic mass is 10.0. The third-order valence-corrected chi connectivity index (χ3v) is 5.73. The molecular weight excluding hydrogens is 360 g/mol. The Morgan fingerprint density at radius 1 is 1.32 bits per heavy atom. The Morgan fingerprint density at radius 2 is 2.18 bits per heavy atom. The van der Waals surface area contributed by atoms with Crippen LogP contribution < -0.4 is 16.0 Å². The van der Waals surface area contributed by atoms with Gasteiger partial charge in [-0.25, -0.2) is 0 Å². The fraction of sp³-hybridized carbons (Fsp3) is 0.550. The van der Waals surface area contributed by atoms with Crippen LogP contribution in [0.4, 0.5) is 0 Å². The molecule has 28 heavy (non-hydrogen) atoms. The summed E-state index contributed by atoms with van der Waals surface area (Å²) in [5.74, 6) is -0.793. The van der Waals surface area contributed by atoms with Crippen molar-refractivity contribution in [1.29, 1.82) is 0 Å². The van der Waals surface area contributed by atoms with Crippen LogP contribution in [0.3, 0.4) is 0 Å². The Kier molecular flexibility index (Phi) is 5.43. The van der Waals surface area contributed by atoms with Crippen molar-refractivity contribution < 1.29 is 19.1 Å². The summed E-state index contributed by atoms with van der Waals surface area (Å²) in [6, 6.07) is 5.49. The Morgan fingerprint density at radius 3 is 2.93 bits per heavy atom. The number of imide groups is 1. The Hall–Kier alpha value is -2.29. The third-order valence-electron chi connectivity index (χ3n) is 5.73. The van der Waals surface area contributed by atoms with Gasteiger partial charge in [-0.1, -0.05) is 12.1 Å². The van der Waals surface area contributed by atoms with Crippen molar-refractivity contribution in [2.24, 2.45) is 0 Å². The molecule has 3 atom stereocenters. The van der Waals surface area contributed by atoms with Gasteiger partial charge in [0.1, 0.15) is 6.04 Å². The first-order chi connectivity index (χ1) is 13.5. The Balaban J connectivity index is 1.40. The standard InChI is InChI=1S/C20H26N4O4/c1-12(17-10-21-6-7-28-17)22-9-13-2-3-14-11-24(20(27)15(14)8-13)16-4-5-18(25)23-19(16)26/h2-3,8,12,16-17,21-22H,4-7,9-11H2,1H3,(H,23,25,26). The summed E-state index contributed by atoms with van der Waals surface area (Å²) in [6.45, 7) is 5.59. The minimum atomic E-state index is -0.574. The predicted octanol–water partition coefficient (Wildman–Crippen LogP) is -0.0859. The number of carbonyl (C=O) groups excluding carboxylic acids is 3. The lowest BCUT2D eigenvalue weighted by Crippen LogP contribution is -2.52. The number of hydrogen-bond acceptors (Lipinski definition) is 6. The molecule has 3 unspecified atom stereocenters. The Labute approximate surface area is 164 Å². The van der Waals surface area contributed by atoms with Gasteiger partial charge in [0.15, 0.2) is 0 Å². The van der Waals surface area contributed by atoms with Crippen LogP contribution in [-0.4, -0.2) is 60.5 Å². The number of piperidine rings is 1. The van der Waals surface area contributed by atoms with E-state index in [1.54, 1.807) is 4.90 Å². The van der Waals surface area contributed by atoms with Gasteiger partial charge in [0.2, 0.25) is 11.8 Å². The maximum absolute atomic E-state index is 12.9. The van der Waals surface area contributed by atoms with Crippen molar-refractivity contribution in [3.63, 3.8) is 0 Å². The van der Waals surface area contributed by atoms with Crippen molar-refractivity contribution in [3.8, 4) is 0 Å². The summed E-state index contributed by atoms with van der Waals surface area (Å²) in [4.78, 5) is 37.9. The van der Waals surface area contributed by atoms with E-state index in [0.29, 0.717) is 25.1 Å². The molecule has 0 bridgehead atoms. The SMILES string of the molecule is CC(NCc1ccc2c(c1)C(=O)N(C1CCC(=O)NC1=O)C2)C1CNCCO1. The van der Waals surface area contributed by atoms with Crippen molar-refractivity contribution in [2.45, 2.75) is 51.0 Å². The number of morpholine rings is 1. The van der Waals surface area contributed by atoms with E-state index in [0.717, 1.165) is 30.8 Å². The molecule has 8 nitrogen and oxygen atoms in total. The average Bonchev–Trinajstić information content (AvgIpc) is 3.03. The van der Waals surface area contributed by atoms with E-state index in [-0.39, 0.29) is 36.3 Å². The summed E-state index contributed by atoms with van der Waals surface area (Å²) in [7, 11) is 0. The molecule has 1 aromatic rings. The van der Waals surface area contributed by atoms with Gasteiger partial charge in [0.25, 0.3) is 5.91 Å². The second-order valence-corrected chi connectivity index (χ2v) is 7.67. The van der Waals surface area contributed by atoms with Crippen LogP contribution in [0.2, 0.25) is 0 Å². The topological polar surface area (TPSA) is 99.8 Å². The molecule has 0 aliphatic carbocycles. The molecule has 2 fully saturated rings. The van der Waals surface area contributed by atoms with Gasteiger partial charge in [-0.3, -0.25) is 19.7 Å². The molecule has 3 aliphatic rings. The van der Waals surface area contributed by atoms with Gasteiger partial charge in [-0.2, -0.15) is 0 Å². The van der Waals surface area contributed by atoms with Gasteiger partial charge < -0.3 is 20.3 Å². The number of rotatable bonds is 5. The van der Waals surface area contributed by atoms with E-state index in [2.05, 4.69) is 22.9 Å². The lowest BCUT2D eigenvalue weighted by molar-refractivity contribution is -0.136. The first kappa shape index (κ1) is 19.0. The van der Waals surface area contributed by atoms with Crippen LogP contribution in [0.15, 0.2) is 18.2 Å². The number of nitrogens with zero attached hydrogens (tertiary/aromatic N) is 1. The van der Waals surface area contributed by atoms with Crippen LogP contribution in [0.1, 0.15) is 41.3 Å². The quantitative estimate of drug-likeness (QED) is 0.612. The fourth-order valence-corrected chi connectivity index (χ4v) is 4.03. The Bertz CT molecular complexity index is 790. The van der Waals surface area contributed by atoms with Gasteiger partial charge in [-0.15, -0.1) is 0 Å². The second kappa shape index (κ2) is 7.98. The number of benzene rings is 1. The largest absolute Gasteiger partial charge is 0.374 e. The van der Waals surface area contributed by atoms with E-state index in [1.165, 1.54) is 0 Å². The normalized spacial score (nSPS) is 26.2. The monoisotopic (exact) mass is 386 g/mol. The molecular formula is C20H26N4O4. The summed E-state index contributed by atoms with van der Waals surface area (Å²) >= 11 is 0. The van der Waals surface area contributed by atoms with E-state index in [9.17, 15) is 14.4 Å². The molecule has 3 N–H and O–H groups in total. The number of hydrogen-bond donors (Lipinski definition) is 3. The van der Waals surface area contributed by atoms with Crippen molar-refractivity contribution in [1.82, 2.24) is 20.9 Å². The van der Waals surface area contributed by atoms with Crippen LogP contribution in [-0.2, 0) is 27.4 Å². The lowest BCUT2D eigenvalue weighted by Gasteiger charge is -2.29. The highest BCUT2D eigenvalue weighted by atomic mass is 16.5. The highest BCUT2D eigenvalue weighted by Crippen LogP contribution is 2.28. The summed E-state index contributed by atoms with van der Waals surface area (Å²) in [6.07, 6.45) is 0.779. The molecule has 2 saturated heterocycles. The van der Waals surface area contributed by atoms with Crippen molar-refractivity contribution >= 4 is 17.7 Å². The summed E-state index contributed by atoms with van der Waals surface area (Å²) in [5.41, 5.74) is 2.59. The van der Waals surface area contributed by atoms with Gasteiger partial charge in [0.05, 0.1) is 12.7 Å². The number of carbonyl (C=O) groups is 3. The zero-order valence-electron chi connectivity index (χ0n) is 16.0. The van der Waals surface area contributed by atoms with E-state index in [4.69, 9.17) is 4.74 Å². The third kappa shape index (κ3) is 3.80. The number of ether oxygens (including phenoxy) is 1. The molecule has 3 heterocycles. The fourth-order valence-electron chi connectivity index (χ4n) is 4.03. The van der Waals surface area contributed by atoms with Gasteiger partial charge in [-0.05, 0) is 30.5 Å². The molecule has 150 valence electrons. The minimum Gasteiger partial charge on any atom is -0.374 e. The van der Waals surface area contributed by atoms with Crippen LogP contribution in [0.25, 0.3) is 0 Å². The maximum Gasteiger partial charge on any atom is 0.255 e. The minimum absolute atomic E-state index is 0.132. The highest BCUT2D eigenvalue weighted by Gasteiger charge is 2.39. The summed E-state index contributed by atoms with van der Waals surface area (Å²) in [5, 5.41) is 9.13. The zero-order valence-corrected chi connectivity index (χ0v) is 16.0. The molecule has 0 radical (unpaired) electrons. The number of nitrogens with one attached hydrogen (secondary N) is 3. The van der Waals surface area contributed by atoms with E-state index >= 15 is 0 Å². The van der Waals surface area contributed by atoms with Crippen LogP contribution in [0, 0.1) is 0 Å². The first-order valence-electron chi connectivity index (χ1n) is 9.85. The molecule has 0 saturated carbocycles. The van der Waals surface area contributed by atoms with Crippen molar-refractivity contribution in [3.05, 3.63) is 34.9 Å². The van der Waals surface area contributed by atoms with Crippen LogP contribution in [0.5, 0.6) is 0 Å². The van der Waals surface area contributed by atoms with E-state index < -0.39 is 6.04 Å². The predicted molar refractivity (Wildman–Crippen MR) is 101 cm³/mol. The molecule has 8 heteroatoms. The molecule has 3 aliphatic heterocycles. The van der Waals surface area contributed by atoms with Gasteiger partial charge >= 0.3 is 0 Å². The number of amides is 3. The molecule has 1 aromatic carbocycles. The van der Waals surface area contributed by atoms with Gasteiger partial charge in [0, 0.05) is 44.2 Å². The summed E-state index contributed by atoms with van der Waals surface area (Å²) < 4.78 is 5.77. The van der Waals surface area contributed by atoms with Crippen LogP contribution >= 0.6 is 0 Å². The van der Waals surface area contributed by atoms with E-state index in [1.807, 2.05) is 18.2 Å². The molecule has 4 rings (SSSR count). The zero-order chi connectivity index (χ0) is 19.7. The molecule has 0 spiro atoms. The van der Waals surface area contributed by atoms with Crippen molar-refractivity contribution in [2.75, 3.05) is 19.7 Å².